The molecule has 1 aromatic carbocycles. The van der Waals surface area contributed by atoms with E-state index in [1.165, 1.54) is 12.5 Å². The predicted molar refractivity (Wildman–Crippen MR) is 64.1 cm³/mol. The average Bonchev–Trinajstić information content (AvgIpc) is 2.30. The van der Waals surface area contributed by atoms with Gasteiger partial charge < -0.3 is 10.6 Å². The average molecular weight is 243 g/mol. The third kappa shape index (κ3) is 2.94. The molecule has 1 aromatic rings. The summed E-state index contributed by atoms with van der Waals surface area (Å²) in [6.45, 7) is 2.53. The van der Waals surface area contributed by atoms with Crippen molar-refractivity contribution >= 4 is 11.6 Å². The number of rotatable bonds is 3. The number of hydrogen-bond acceptors (Lipinski definition) is 2. The lowest BCUT2D eigenvalue weighted by atomic mass is 10.1. The lowest BCUT2D eigenvalue weighted by Crippen LogP contribution is -2.42. The molecule has 0 aromatic heterocycles. The Labute approximate surface area is 100 Å². The molecule has 2 N–H and O–H groups in total. The van der Waals surface area contributed by atoms with E-state index in [0.29, 0.717) is 23.2 Å². The van der Waals surface area contributed by atoms with Gasteiger partial charge in [-0.2, -0.15) is 0 Å². The van der Waals surface area contributed by atoms with Crippen LogP contribution >= 0.6 is 11.6 Å². The summed E-state index contributed by atoms with van der Waals surface area (Å²) in [6, 6.07) is 5.22. The van der Waals surface area contributed by atoms with Crippen LogP contribution in [0.3, 0.4) is 0 Å². The molecule has 1 fully saturated rings. The summed E-state index contributed by atoms with van der Waals surface area (Å²) < 4.78 is 13.5. The van der Waals surface area contributed by atoms with Gasteiger partial charge in [0.05, 0.1) is 0 Å². The molecule has 1 atom stereocenters. The van der Waals surface area contributed by atoms with E-state index in [2.05, 4.69) is 10.6 Å². The Morgan fingerprint density at radius 2 is 2.38 bits per heavy atom. The fraction of sp³-hybridized carbons (Fsp3) is 0.500. The number of piperidine rings is 1. The van der Waals surface area contributed by atoms with Crippen molar-refractivity contribution in [1.29, 1.82) is 0 Å². The first-order chi connectivity index (χ1) is 7.77. The van der Waals surface area contributed by atoms with Crippen LogP contribution in [0.25, 0.3) is 0 Å². The number of halogens is 2. The minimum absolute atomic E-state index is 0.233. The van der Waals surface area contributed by atoms with Crippen LogP contribution in [0.2, 0.25) is 5.02 Å². The van der Waals surface area contributed by atoms with Gasteiger partial charge in [-0.15, -0.1) is 0 Å². The van der Waals surface area contributed by atoms with Gasteiger partial charge in [-0.05, 0) is 31.5 Å². The Balaban J connectivity index is 1.93. The van der Waals surface area contributed by atoms with Crippen LogP contribution in [0.1, 0.15) is 18.4 Å². The Kier molecular flexibility index (Phi) is 4.16. The lowest BCUT2D eigenvalue weighted by Gasteiger charge is -2.24. The molecule has 16 heavy (non-hydrogen) atoms. The standard InChI is InChI=1S/C12H16ClFN2/c13-11-4-1-5-12(14)10(11)8-16-9-3-2-6-15-7-9/h1,4-5,9,15-16H,2-3,6-8H2. The second-order valence-electron chi connectivity index (χ2n) is 4.12. The summed E-state index contributed by atoms with van der Waals surface area (Å²) in [4.78, 5) is 0. The van der Waals surface area contributed by atoms with Crippen LogP contribution in [0.15, 0.2) is 18.2 Å². The van der Waals surface area contributed by atoms with Gasteiger partial charge in [-0.1, -0.05) is 17.7 Å². The zero-order chi connectivity index (χ0) is 11.4. The minimum atomic E-state index is -0.233. The van der Waals surface area contributed by atoms with E-state index >= 15 is 0 Å². The molecule has 1 saturated heterocycles. The first-order valence-corrected chi connectivity index (χ1v) is 6.02. The third-order valence-corrected chi connectivity index (χ3v) is 3.28. The summed E-state index contributed by atoms with van der Waals surface area (Å²) in [5, 5.41) is 7.14. The van der Waals surface area contributed by atoms with Gasteiger partial charge >= 0.3 is 0 Å². The Morgan fingerprint density at radius 1 is 1.50 bits per heavy atom. The fourth-order valence-electron chi connectivity index (χ4n) is 1.97. The van der Waals surface area contributed by atoms with Crippen LogP contribution in [-0.4, -0.2) is 19.1 Å². The molecule has 0 aliphatic carbocycles. The first-order valence-electron chi connectivity index (χ1n) is 5.64. The normalized spacial score (nSPS) is 21.0. The summed E-state index contributed by atoms with van der Waals surface area (Å²) in [5.74, 6) is -0.233. The van der Waals surface area contributed by atoms with Crippen molar-refractivity contribution in [2.75, 3.05) is 13.1 Å². The lowest BCUT2D eigenvalue weighted by molar-refractivity contribution is 0.386. The van der Waals surface area contributed by atoms with Gasteiger partial charge in [0.2, 0.25) is 0 Å². The molecule has 1 heterocycles. The molecule has 2 rings (SSSR count). The number of nitrogens with one attached hydrogen (secondary N) is 2. The smallest absolute Gasteiger partial charge is 0.129 e. The monoisotopic (exact) mass is 242 g/mol. The maximum atomic E-state index is 13.5. The highest BCUT2D eigenvalue weighted by atomic mass is 35.5. The van der Waals surface area contributed by atoms with E-state index in [1.807, 2.05) is 0 Å². The molecule has 0 spiro atoms. The van der Waals surface area contributed by atoms with Crippen molar-refractivity contribution < 1.29 is 4.39 Å². The van der Waals surface area contributed by atoms with E-state index in [-0.39, 0.29) is 5.82 Å². The van der Waals surface area contributed by atoms with Crippen LogP contribution < -0.4 is 10.6 Å². The second kappa shape index (κ2) is 5.62. The Morgan fingerprint density at radius 3 is 3.06 bits per heavy atom. The molecule has 88 valence electrons. The van der Waals surface area contributed by atoms with Crippen LogP contribution in [0.4, 0.5) is 4.39 Å². The van der Waals surface area contributed by atoms with Crippen LogP contribution in [0, 0.1) is 5.82 Å². The molecule has 0 amide bonds. The Hall–Kier alpha value is -0.640. The summed E-state index contributed by atoms with van der Waals surface area (Å²) in [6.07, 6.45) is 2.31. The highest BCUT2D eigenvalue weighted by Crippen LogP contribution is 2.19. The van der Waals surface area contributed by atoms with Gasteiger partial charge in [-0.3, -0.25) is 0 Å². The second-order valence-corrected chi connectivity index (χ2v) is 4.53. The topological polar surface area (TPSA) is 24.1 Å². The van der Waals surface area contributed by atoms with Crippen molar-refractivity contribution in [3.8, 4) is 0 Å². The van der Waals surface area contributed by atoms with Crippen molar-refractivity contribution in [2.45, 2.75) is 25.4 Å². The molecule has 1 unspecified atom stereocenters. The SMILES string of the molecule is Fc1cccc(Cl)c1CNC1CCCNC1. The van der Waals surface area contributed by atoms with Crippen molar-refractivity contribution in [3.05, 3.63) is 34.6 Å². The summed E-state index contributed by atoms with van der Waals surface area (Å²) in [7, 11) is 0. The molecule has 0 radical (unpaired) electrons. The zero-order valence-electron chi connectivity index (χ0n) is 9.10. The summed E-state index contributed by atoms with van der Waals surface area (Å²) >= 11 is 5.95. The molecule has 0 saturated carbocycles. The molecular weight excluding hydrogens is 227 g/mol. The predicted octanol–water partition coefficient (Wildman–Crippen LogP) is 2.32. The van der Waals surface area contributed by atoms with E-state index in [9.17, 15) is 4.39 Å². The Bertz CT molecular complexity index is 331. The quantitative estimate of drug-likeness (QED) is 0.850. The maximum Gasteiger partial charge on any atom is 0.129 e. The highest BCUT2D eigenvalue weighted by molar-refractivity contribution is 6.31. The molecule has 0 bridgehead atoms. The fourth-order valence-corrected chi connectivity index (χ4v) is 2.20. The summed E-state index contributed by atoms with van der Waals surface area (Å²) in [5.41, 5.74) is 0.565. The zero-order valence-corrected chi connectivity index (χ0v) is 9.86. The van der Waals surface area contributed by atoms with E-state index in [1.54, 1.807) is 12.1 Å². The maximum absolute atomic E-state index is 13.5. The number of benzene rings is 1. The van der Waals surface area contributed by atoms with Gasteiger partial charge in [-0.25, -0.2) is 4.39 Å². The third-order valence-electron chi connectivity index (χ3n) is 2.93. The number of hydrogen-bond donors (Lipinski definition) is 2. The molecule has 4 heteroatoms. The first kappa shape index (κ1) is 11.8. The van der Waals surface area contributed by atoms with Crippen LogP contribution in [0.5, 0.6) is 0 Å². The van der Waals surface area contributed by atoms with E-state index < -0.39 is 0 Å². The molecular formula is C12H16ClFN2. The largest absolute Gasteiger partial charge is 0.315 e. The molecule has 2 nitrogen and oxygen atoms in total. The van der Waals surface area contributed by atoms with Crippen molar-refractivity contribution in [3.63, 3.8) is 0 Å². The molecule has 1 aliphatic rings. The van der Waals surface area contributed by atoms with Gasteiger partial charge in [0.1, 0.15) is 5.82 Å². The van der Waals surface area contributed by atoms with Crippen molar-refractivity contribution in [2.24, 2.45) is 0 Å². The van der Waals surface area contributed by atoms with Gasteiger partial charge in [0.15, 0.2) is 0 Å². The molecule has 1 aliphatic heterocycles. The highest BCUT2D eigenvalue weighted by Gasteiger charge is 2.13. The van der Waals surface area contributed by atoms with E-state index in [4.69, 9.17) is 11.6 Å². The minimum Gasteiger partial charge on any atom is -0.315 e. The van der Waals surface area contributed by atoms with E-state index in [0.717, 1.165) is 19.5 Å². The van der Waals surface area contributed by atoms with Crippen molar-refractivity contribution in [1.82, 2.24) is 10.6 Å². The van der Waals surface area contributed by atoms with Crippen LogP contribution in [-0.2, 0) is 6.54 Å². The van der Waals surface area contributed by atoms with Gasteiger partial charge in [0.25, 0.3) is 0 Å². The van der Waals surface area contributed by atoms with Gasteiger partial charge in [0, 0.05) is 29.7 Å².